The molecule has 2 amide bonds. The molecule has 17 heavy (non-hydrogen) atoms. The van der Waals surface area contributed by atoms with Gasteiger partial charge in [-0.15, -0.1) is 0 Å². The molecule has 92 valence electrons. The van der Waals surface area contributed by atoms with E-state index in [1.807, 2.05) is 0 Å². The van der Waals surface area contributed by atoms with E-state index in [0.29, 0.717) is 0 Å². The number of hydrogen-bond donors (Lipinski definition) is 1. The predicted octanol–water partition coefficient (Wildman–Crippen LogP) is 2.63. The molecule has 1 fully saturated rings. The van der Waals surface area contributed by atoms with Gasteiger partial charge in [0.25, 0.3) is 0 Å². The minimum absolute atomic E-state index is 0.189. The third kappa shape index (κ3) is 3.15. The maximum Gasteiger partial charge on any atom is 0.321 e. The van der Waals surface area contributed by atoms with E-state index in [1.165, 1.54) is 12.3 Å². The number of likely N-dealkylation sites (tertiary alicyclic amines) is 1. The second kappa shape index (κ2) is 5.61. The number of amides is 2. The largest absolute Gasteiger partial charge is 0.325 e. The van der Waals surface area contributed by atoms with Crippen LogP contribution in [0, 0.1) is 5.82 Å². The van der Waals surface area contributed by atoms with Gasteiger partial charge in [0.15, 0.2) is 5.82 Å². The first-order chi connectivity index (χ1) is 8.27. The molecule has 0 atom stereocenters. The number of nitrogens with zero attached hydrogens (tertiary/aromatic N) is 2. The normalized spacial score (nSPS) is 16.4. The Balaban J connectivity index is 1.98. The fourth-order valence-electron chi connectivity index (χ4n) is 1.94. The fourth-order valence-corrected chi connectivity index (χ4v) is 1.94. The number of aromatic nitrogens is 1. The maximum absolute atomic E-state index is 13.3. The van der Waals surface area contributed by atoms with Crippen LogP contribution < -0.4 is 5.32 Å². The van der Waals surface area contributed by atoms with Crippen LogP contribution in [-0.2, 0) is 0 Å². The molecule has 0 aliphatic carbocycles. The monoisotopic (exact) mass is 237 g/mol. The van der Waals surface area contributed by atoms with Crippen LogP contribution in [0.15, 0.2) is 18.5 Å². The van der Waals surface area contributed by atoms with Crippen LogP contribution in [0.1, 0.15) is 25.7 Å². The molecule has 1 aromatic rings. The zero-order valence-electron chi connectivity index (χ0n) is 9.66. The number of urea groups is 1. The van der Waals surface area contributed by atoms with Crippen LogP contribution in [0.5, 0.6) is 0 Å². The van der Waals surface area contributed by atoms with E-state index in [9.17, 15) is 9.18 Å². The maximum atomic E-state index is 13.3. The van der Waals surface area contributed by atoms with Crippen LogP contribution in [0.2, 0.25) is 0 Å². The molecule has 1 aliphatic heterocycles. The summed E-state index contributed by atoms with van der Waals surface area (Å²) in [5, 5.41) is 2.58. The van der Waals surface area contributed by atoms with E-state index in [4.69, 9.17) is 0 Å². The molecule has 0 bridgehead atoms. The molecule has 0 aromatic carbocycles. The zero-order valence-corrected chi connectivity index (χ0v) is 9.66. The van der Waals surface area contributed by atoms with Gasteiger partial charge >= 0.3 is 6.03 Å². The summed E-state index contributed by atoms with van der Waals surface area (Å²) in [7, 11) is 0. The molecule has 0 radical (unpaired) electrons. The highest BCUT2D eigenvalue weighted by molar-refractivity contribution is 5.89. The van der Waals surface area contributed by atoms with Gasteiger partial charge in [0.05, 0.1) is 11.9 Å². The van der Waals surface area contributed by atoms with E-state index < -0.39 is 5.82 Å². The lowest BCUT2D eigenvalue weighted by Gasteiger charge is -2.20. The van der Waals surface area contributed by atoms with Gasteiger partial charge in [0.1, 0.15) is 0 Å². The van der Waals surface area contributed by atoms with Crippen molar-refractivity contribution in [2.75, 3.05) is 18.4 Å². The minimum atomic E-state index is -0.504. The number of carbonyl (C=O) groups is 1. The van der Waals surface area contributed by atoms with Crippen molar-refractivity contribution in [3.05, 3.63) is 24.3 Å². The molecule has 0 saturated carbocycles. The smallest absolute Gasteiger partial charge is 0.321 e. The summed E-state index contributed by atoms with van der Waals surface area (Å²) in [5.41, 5.74) is 0.189. The van der Waals surface area contributed by atoms with E-state index in [-0.39, 0.29) is 11.7 Å². The summed E-state index contributed by atoms with van der Waals surface area (Å²) in [6.07, 6.45) is 6.92. The molecule has 0 unspecified atom stereocenters. The summed E-state index contributed by atoms with van der Waals surface area (Å²) in [6.45, 7) is 1.50. The van der Waals surface area contributed by atoms with E-state index in [2.05, 4.69) is 10.3 Å². The fraction of sp³-hybridized carbons (Fsp3) is 0.500. The average Bonchev–Trinajstić information content (AvgIpc) is 2.61. The standard InChI is InChI=1S/C12H16FN3O/c13-10-9-14-6-5-11(10)15-12(17)16-7-3-1-2-4-8-16/h5-6,9H,1-4,7-8H2,(H,14,15,17). The van der Waals surface area contributed by atoms with Crippen molar-refractivity contribution in [1.29, 1.82) is 0 Å². The number of anilines is 1. The number of hydrogen-bond acceptors (Lipinski definition) is 2. The van der Waals surface area contributed by atoms with Gasteiger partial charge in [-0.25, -0.2) is 9.18 Å². The summed E-state index contributed by atoms with van der Waals surface area (Å²) in [6, 6.07) is 1.24. The highest BCUT2D eigenvalue weighted by Crippen LogP contribution is 2.14. The molecule has 4 nitrogen and oxygen atoms in total. The number of pyridine rings is 1. The Morgan fingerprint density at radius 2 is 2.00 bits per heavy atom. The summed E-state index contributed by atoms with van der Waals surface area (Å²) >= 11 is 0. The van der Waals surface area contributed by atoms with Gasteiger partial charge in [0.2, 0.25) is 0 Å². The third-order valence-electron chi connectivity index (χ3n) is 2.91. The number of rotatable bonds is 1. The van der Waals surface area contributed by atoms with Crippen LogP contribution >= 0.6 is 0 Å². The summed E-state index contributed by atoms with van der Waals surface area (Å²) in [4.78, 5) is 17.3. The summed E-state index contributed by atoms with van der Waals surface area (Å²) in [5.74, 6) is -0.504. The zero-order chi connectivity index (χ0) is 12.1. The highest BCUT2D eigenvalue weighted by Gasteiger charge is 2.16. The van der Waals surface area contributed by atoms with Crippen molar-refractivity contribution in [2.45, 2.75) is 25.7 Å². The van der Waals surface area contributed by atoms with Crippen LogP contribution in [0.4, 0.5) is 14.9 Å². The number of nitrogens with one attached hydrogen (secondary N) is 1. The quantitative estimate of drug-likeness (QED) is 0.816. The van der Waals surface area contributed by atoms with Crippen LogP contribution in [0.25, 0.3) is 0 Å². The first-order valence-corrected chi connectivity index (χ1v) is 5.93. The van der Waals surface area contributed by atoms with Gasteiger partial charge in [-0.05, 0) is 18.9 Å². The van der Waals surface area contributed by atoms with Crippen molar-refractivity contribution in [2.24, 2.45) is 0 Å². The van der Waals surface area contributed by atoms with Crippen molar-refractivity contribution >= 4 is 11.7 Å². The Labute approximate surface area is 99.8 Å². The Kier molecular flexibility index (Phi) is 3.90. The lowest BCUT2D eigenvalue weighted by atomic mass is 10.2. The molecule has 5 heteroatoms. The average molecular weight is 237 g/mol. The molecule has 0 spiro atoms. The van der Waals surface area contributed by atoms with E-state index >= 15 is 0 Å². The molecule has 1 aliphatic rings. The topological polar surface area (TPSA) is 45.2 Å². The predicted molar refractivity (Wildman–Crippen MR) is 63.3 cm³/mol. The molecule has 1 aromatic heterocycles. The Hall–Kier alpha value is -1.65. The minimum Gasteiger partial charge on any atom is -0.325 e. The van der Waals surface area contributed by atoms with E-state index in [1.54, 1.807) is 4.90 Å². The molecule has 2 rings (SSSR count). The highest BCUT2D eigenvalue weighted by atomic mass is 19.1. The first-order valence-electron chi connectivity index (χ1n) is 5.93. The second-order valence-electron chi connectivity index (χ2n) is 4.19. The van der Waals surface area contributed by atoms with Crippen molar-refractivity contribution in [1.82, 2.24) is 9.88 Å². The summed E-state index contributed by atoms with van der Waals surface area (Å²) < 4.78 is 13.3. The Morgan fingerprint density at radius 3 is 2.65 bits per heavy atom. The SMILES string of the molecule is O=C(Nc1ccncc1F)N1CCCCCC1. The second-order valence-corrected chi connectivity index (χ2v) is 4.19. The van der Waals surface area contributed by atoms with Crippen molar-refractivity contribution in [3.8, 4) is 0 Å². The van der Waals surface area contributed by atoms with Gasteiger partial charge in [-0.1, -0.05) is 12.8 Å². The van der Waals surface area contributed by atoms with Gasteiger partial charge in [-0.3, -0.25) is 4.98 Å². The van der Waals surface area contributed by atoms with Gasteiger partial charge in [-0.2, -0.15) is 0 Å². The van der Waals surface area contributed by atoms with Crippen molar-refractivity contribution in [3.63, 3.8) is 0 Å². The molecule has 1 N–H and O–H groups in total. The van der Waals surface area contributed by atoms with E-state index in [0.717, 1.165) is 45.0 Å². The molecule has 1 saturated heterocycles. The lowest BCUT2D eigenvalue weighted by molar-refractivity contribution is 0.213. The molecule has 2 heterocycles. The Morgan fingerprint density at radius 1 is 1.29 bits per heavy atom. The molecular formula is C12H16FN3O. The van der Waals surface area contributed by atoms with Crippen LogP contribution in [0.3, 0.4) is 0 Å². The van der Waals surface area contributed by atoms with Gasteiger partial charge in [0, 0.05) is 19.3 Å². The Bertz CT molecular complexity index is 389. The van der Waals surface area contributed by atoms with Gasteiger partial charge < -0.3 is 10.2 Å². The molecular weight excluding hydrogens is 221 g/mol. The van der Waals surface area contributed by atoms with Crippen LogP contribution in [-0.4, -0.2) is 29.0 Å². The first kappa shape index (κ1) is 11.8. The third-order valence-corrected chi connectivity index (χ3v) is 2.91. The van der Waals surface area contributed by atoms with Crippen molar-refractivity contribution < 1.29 is 9.18 Å². The number of halogens is 1. The lowest BCUT2D eigenvalue weighted by Crippen LogP contribution is -2.35. The number of carbonyl (C=O) groups excluding carboxylic acids is 1.